The summed E-state index contributed by atoms with van der Waals surface area (Å²) >= 11 is 5.46. The zero-order valence-corrected chi connectivity index (χ0v) is 13.4. The molecule has 5 heteroatoms. The number of carbonyl (C=O) groups excluding carboxylic acids is 1. The lowest BCUT2D eigenvalue weighted by Crippen LogP contribution is -2.41. The second-order valence-corrected chi connectivity index (χ2v) is 5.81. The first-order valence-corrected chi connectivity index (χ1v) is 7.84. The van der Waals surface area contributed by atoms with Crippen LogP contribution < -0.4 is 5.32 Å². The largest absolute Gasteiger partial charge is 0.462 e. The summed E-state index contributed by atoms with van der Waals surface area (Å²) in [6.45, 7) is 6.45. The van der Waals surface area contributed by atoms with E-state index >= 15 is 0 Å². The van der Waals surface area contributed by atoms with Crippen LogP contribution in [-0.2, 0) is 4.74 Å². The summed E-state index contributed by atoms with van der Waals surface area (Å²) in [5, 5.41) is 3.99. The van der Waals surface area contributed by atoms with Gasteiger partial charge >= 0.3 is 5.97 Å². The molecule has 21 heavy (non-hydrogen) atoms. The minimum Gasteiger partial charge on any atom is -0.462 e. The van der Waals surface area contributed by atoms with Gasteiger partial charge in [-0.2, -0.15) is 0 Å². The van der Waals surface area contributed by atoms with Crippen LogP contribution in [0.4, 0.5) is 5.69 Å². The van der Waals surface area contributed by atoms with Gasteiger partial charge in [0.2, 0.25) is 0 Å². The standard InChI is InChI=1S/C16H22N2O2S/c1-3-20-15(19)13-6-8-14(9-7-13)17-16(21)18-10-4-5-12(2)11-18/h6-9,12H,3-5,10-11H2,1-2H3,(H,17,21)/t12-/m0/s1. The summed E-state index contributed by atoms with van der Waals surface area (Å²) in [6.07, 6.45) is 2.46. The Kier molecular flexibility index (Phi) is 5.56. The number of carbonyl (C=O) groups is 1. The van der Waals surface area contributed by atoms with Crippen LogP contribution in [0.2, 0.25) is 0 Å². The third kappa shape index (κ3) is 4.43. The fourth-order valence-corrected chi connectivity index (χ4v) is 2.76. The van der Waals surface area contributed by atoms with Gasteiger partial charge in [0.1, 0.15) is 0 Å². The van der Waals surface area contributed by atoms with E-state index in [4.69, 9.17) is 17.0 Å². The summed E-state index contributed by atoms with van der Waals surface area (Å²) < 4.78 is 4.96. The van der Waals surface area contributed by atoms with Gasteiger partial charge in [-0.25, -0.2) is 4.79 Å². The van der Waals surface area contributed by atoms with Crippen LogP contribution in [0.3, 0.4) is 0 Å². The van der Waals surface area contributed by atoms with Crippen LogP contribution in [0.15, 0.2) is 24.3 Å². The van der Waals surface area contributed by atoms with E-state index in [9.17, 15) is 4.79 Å². The van der Waals surface area contributed by atoms with Crippen molar-refractivity contribution in [3.8, 4) is 0 Å². The number of rotatable bonds is 3. The second kappa shape index (κ2) is 7.41. The van der Waals surface area contributed by atoms with E-state index in [1.807, 2.05) is 12.1 Å². The van der Waals surface area contributed by atoms with Crippen LogP contribution in [0.25, 0.3) is 0 Å². The number of anilines is 1. The van der Waals surface area contributed by atoms with Crippen LogP contribution in [0.5, 0.6) is 0 Å². The molecule has 1 aliphatic heterocycles. The van der Waals surface area contributed by atoms with E-state index in [1.165, 1.54) is 12.8 Å². The Labute approximate surface area is 131 Å². The number of benzene rings is 1. The quantitative estimate of drug-likeness (QED) is 0.685. The highest BCUT2D eigenvalue weighted by molar-refractivity contribution is 7.80. The molecule has 0 bridgehead atoms. The van der Waals surface area contributed by atoms with Crippen molar-refractivity contribution in [1.29, 1.82) is 0 Å². The Morgan fingerprint density at radius 1 is 1.43 bits per heavy atom. The molecule has 114 valence electrons. The fraction of sp³-hybridized carbons (Fsp3) is 0.500. The maximum Gasteiger partial charge on any atom is 0.338 e. The Hall–Kier alpha value is -1.62. The maximum absolute atomic E-state index is 11.6. The lowest BCUT2D eigenvalue weighted by Gasteiger charge is -2.33. The minimum absolute atomic E-state index is 0.295. The van der Waals surface area contributed by atoms with E-state index in [1.54, 1.807) is 19.1 Å². The molecule has 1 fully saturated rings. The summed E-state index contributed by atoms with van der Waals surface area (Å²) in [7, 11) is 0. The zero-order chi connectivity index (χ0) is 15.2. The van der Waals surface area contributed by atoms with Crippen molar-refractivity contribution in [2.24, 2.45) is 5.92 Å². The second-order valence-electron chi connectivity index (χ2n) is 5.42. The smallest absolute Gasteiger partial charge is 0.338 e. The molecular formula is C16H22N2O2S. The maximum atomic E-state index is 11.6. The van der Waals surface area contributed by atoms with Crippen molar-refractivity contribution < 1.29 is 9.53 Å². The summed E-state index contributed by atoms with van der Waals surface area (Å²) in [5.74, 6) is 0.390. The van der Waals surface area contributed by atoms with Crippen LogP contribution in [0, 0.1) is 5.92 Å². The van der Waals surface area contributed by atoms with Gasteiger partial charge in [-0.3, -0.25) is 0 Å². The molecule has 4 nitrogen and oxygen atoms in total. The van der Waals surface area contributed by atoms with E-state index in [-0.39, 0.29) is 5.97 Å². The number of hydrogen-bond donors (Lipinski definition) is 1. The molecule has 1 N–H and O–H groups in total. The Morgan fingerprint density at radius 2 is 2.14 bits per heavy atom. The number of ether oxygens (including phenoxy) is 1. The molecule has 0 spiro atoms. The molecule has 0 aliphatic carbocycles. The van der Waals surface area contributed by atoms with Gasteiger partial charge in [-0.05, 0) is 62.2 Å². The monoisotopic (exact) mass is 306 g/mol. The molecule has 1 saturated heterocycles. The lowest BCUT2D eigenvalue weighted by molar-refractivity contribution is 0.0526. The SMILES string of the molecule is CCOC(=O)c1ccc(NC(=S)N2CCC[C@H](C)C2)cc1. The number of likely N-dealkylation sites (tertiary alicyclic amines) is 1. The van der Waals surface area contributed by atoms with Crippen LogP contribution in [0.1, 0.15) is 37.0 Å². The van der Waals surface area contributed by atoms with Crippen molar-refractivity contribution in [1.82, 2.24) is 4.90 Å². The van der Waals surface area contributed by atoms with E-state index < -0.39 is 0 Å². The molecule has 0 amide bonds. The minimum atomic E-state index is -0.295. The molecule has 0 saturated carbocycles. The number of hydrogen-bond acceptors (Lipinski definition) is 3. The van der Waals surface area contributed by atoms with Gasteiger partial charge in [-0.15, -0.1) is 0 Å². The van der Waals surface area contributed by atoms with Gasteiger partial charge in [0.05, 0.1) is 12.2 Å². The molecule has 1 atom stereocenters. The van der Waals surface area contributed by atoms with Gasteiger partial charge in [0, 0.05) is 18.8 Å². The first-order chi connectivity index (χ1) is 10.1. The van der Waals surface area contributed by atoms with Crippen LogP contribution in [-0.4, -0.2) is 35.7 Å². The molecule has 1 aliphatic rings. The molecule has 0 unspecified atom stereocenters. The fourth-order valence-electron chi connectivity index (χ4n) is 2.48. The van der Waals surface area contributed by atoms with Crippen molar-refractivity contribution in [2.45, 2.75) is 26.7 Å². The van der Waals surface area contributed by atoms with E-state index in [0.717, 1.165) is 23.9 Å². The molecule has 1 heterocycles. The number of thiocarbonyl (C=S) groups is 1. The molecule has 2 rings (SSSR count). The highest BCUT2D eigenvalue weighted by atomic mass is 32.1. The van der Waals surface area contributed by atoms with Gasteiger partial charge in [-0.1, -0.05) is 6.92 Å². The number of nitrogens with zero attached hydrogens (tertiary/aromatic N) is 1. The van der Waals surface area contributed by atoms with E-state index in [0.29, 0.717) is 18.1 Å². The Balaban J connectivity index is 1.93. The summed E-state index contributed by atoms with van der Waals surface area (Å²) in [5.41, 5.74) is 1.45. The summed E-state index contributed by atoms with van der Waals surface area (Å²) in [4.78, 5) is 13.8. The molecule has 1 aromatic carbocycles. The third-order valence-corrected chi connectivity index (χ3v) is 3.95. The highest BCUT2D eigenvalue weighted by Gasteiger charge is 2.18. The first-order valence-electron chi connectivity index (χ1n) is 7.43. The molecule has 0 aromatic heterocycles. The van der Waals surface area contributed by atoms with E-state index in [2.05, 4.69) is 17.1 Å². The molecule has 0 radical (unpaired) electrons. The normalized spacial score (nSPS) is 18.2. The number of esters is 1. The Morgan fingerprint density at radius 3 is 2.76 bits per heavy atom. The van der Waals surface area contributed by atoms with Gasteiger partial charge in [0.25, 0.3) is 0 Å². The number of piperidine rings is 1. The predicted molar refractivity (Wildman–Crippen MR) is 88.6 cm³/mol. The average molecular weight is 306 g/mol. The third-order valence-electron chi connectivity index (χ3n) is 3.59. The first kappa shape index (κ1) is 15.8. The predicted octanol–water partition coefficient (Wildman–Crippen LogP) is 3.29. The van der Waals surface area contributed by atoms with Crippen molar-refractivity contribution in [3.05, 3.63) is 29.8 Å². The van der Waals surface area contributed by atoms with Gasteiger partial charge < -0.3 is 15.0 Å². The zero-order valence-electron chi connectivity index (χ0n) is 12.6. The van der Waals surface area contributed by atoms with Gasteiger partial charge in [0.15, 0.2) is 5.11 Å². The highest BCUT2D eigenvalue weighted by Crippen LogP contribution is 2.17. The topological polar surface area (TPSA) is 41.6 Å². The lowest BCUT2D eigenvalue weighted by atomic mass is 10.0. The number of nitrogens with one attached hydrogen (secondary N) is 1. The Bertz CT molecular complexity index is 502. The van der Waals surface area contributed by atoms with Crippen molar-refractivity contribution in [2.75, 3.05) is 25.0 Å². The van der Waals surface area contributed by atoms with Crippen molar-refractivity contribution >= 4 is 29.0 Å². The molecular weight excluding hydrogens is 284 g/mol. The average Bonchev–Trinajstić information content (AvgIpc) is 2.48. The molecule has 1 aromatic rings. The van der Waals surface area contributed by atoms with Crippen LogP contribution >= 0.6 is 12.2 Å². The van der Waals surface area contributed by atoms with Crippen molar-refractivity contribution in [3.63, 3.8) is 0 Å². The summed E-state index contributed by atoms with van der Waals surface area (Å²) in [6, 6.07) is 7.21.